The predicted octanol–water partition coefficient (Wildman–Crippen LogP) is 4.39. The van der Waals surface area contributed by atoms with Crippen LogP contribution in [0.5, 0.6) is 0 Å². The lowest BCUT2D eigenvalue weighted by molar-refractivity contribution is -0.139. The van der Waals surface area contributed by atoms with Gasteiger partial charge in [0.1, 0.15) is 0 Å². The van der Waals surface area contributed by atoms with Gasteiger partial charge in [-0.2, -0.15) is 0 Å². The molecular weight excluding hydrogens is 368 g/mol. The van der Waals surface area contributed by atoms with E-state index in [4.69, 9.17) is 9.47 Å². The number of ether oxygens (including phenoxy) is 2. The molecule has 0 aliphatic carbocycles. The molecule has 1 aromatic rings. The number of nitrogens with zero attached hydrogens (tertiary/aromatic N) is 1. The monoisotopic (exact) mass is 400 g/mol. The molecule has 1 atom stereocenters. The van der Waals surface area contributed by atoms with E-state index in [1.165, 1.54) is 26.4 Å². The number of allylic oxidation sites excluding steroid dienone is 2. The zero-order valence-corrected chi connectivity index (χ0v) is 17.9. The maximum absolute atomic E-state index is 13.0. The van der Waals surface area contributed by atoms with Gasteiger partial charge in [0, 0.05) is 17.6 Å². The molecule has 1 aromatic heterocycles. The van der Waals surface area contributed by atoms with Crippen molar-refractivity contribution in [1.29, 1.82) is 0 Å². The van der Waals surface area contributed by atoms with E-state index in [1.807, 2.05) is 13.0 Å². The number of carbonyl (C=O) groups is 2. The van der Waals surface area contributed by atoms with Crippen LogP contribution in [-0.4, -0.2) is 30.6 Å². The molecule has 0 radical (unpaired) electrons. The molecular formula is C23H32N2O4. The molecule has 0 spiro atoms. The minimum Gasteiger partial charge on any atom is -0.466 e. The fourth-order valence-corrected chi connectivity index (χ4v) is 3.61. The highest BCUT2D eigenvalue weighted by Gasteiger charge is 2.38. The summed E-state index contributed by atoms with van der Waals surface area (Å²) in [5.41, 5.74) is 2.71. The molecule has 0 amide bonds. The molecule has 0 aromatic carbocycles. The van der Waals surface area contributed by atoms with E-state index >= 15 is 0 Å². The number of esters is 2. The summed E-state index contributed by atoms with van der Waals surface area (Å²) in [6, 6.07) is 5.44. The number of dihydropyridines is 1. The van der Waals surface area contributed by atoms with Gasteiger partial charge in [-0.3, -0.25) is 4.98 Å². The van der Waals surface area contributed by atoms with Gasteiger partial charge in [-0.15, -0.1) is 0 Å². The van der Waals surface area contributed by atoms with Crippen LogP contribution in [0.4, 0.5) is 0 Å². The Morgan fingerprint density at radius 2 is 1.66 bits per heavy atom. The number of aromatic nitrogens is 1. The van der Waals surface area contributed by atoms with E-state index < -0.39 is 17.9 Å². The Morgan fingerprint density at radius 3 is 2.28 bits per heavy atom. The van der Waals surface area contributed by atoms with Crippen molar-refractivity contribution in [2.75, 3.05) is 13.7 Å². The molecule has 0 bridgehead atoms. The van der Waals surface area contributed by atoms with Gasteiger partial charge in [0.15, 0.2) is 0 Å². The van der Waals surface area contributed by atoms with Crippen molar-refractivity contribution >= 4 is 11.9 Å². The molecule has 6 nitrogen and oxygen atoms in total. The van der Waals surface area contributed by atoms with Crippen LogP contribution in [-0.2, 0) is 19.1 Å². The highest BCUT2D eigenvalue weighted by molar-refractivity contribution is 5.99. The van der Waals surface area contributed by atoms with Gasteiger partial charge in [-0.05, 0) is 32.4 Å². The van der Waals surface area contributed by atoms with Crippen molar-refractivity contribution in [2.45, 2.75) is 65.2 Å². The number of rotatable bonds is 10. The molecule has 1 unspecified atom stereocenters. The second kappa shape index (κ2) is 11.4. The minimum absolute atomic E-state index is 0.368. The largest absolute Gasteiger partial charge is 0.466 e. The summed E-state index contributed by atoms with van der Waals surface area (Å²) in [7, 11) is 1.33. The van der Waals surface area contributed by atoms with E-state index in [0.717, 1.165) is 19.3 Å². The first-order valence-corrected chi connectivity index (χ1v) is 10.4. The summed E-state index contributed by atoms with van der Waals surface area (Å²) in [5.74, 6) is -1.53. The molecule has 29 heavy (non-hydrogen) atoms. The van der Waals surface area contributed by atoms with Crippen molar-refractivity contribution < 1.29 is 19.1 Å². The second-order valence-corrected chi connectivity index (χ2v) is 7.29. The van der Waals surface area contributed by atoms with Gasteiger partial charge in [0.05, 0.1) is 36.5 Å². The van der Waals surface area contributed by atoms with Crippen molar-refractivity contribution in [2.24, 2.45) is 0 Å². The number of unbranched alkanes of at least 4 members (excludes halogenated alkanes) is 5. The summed E-state index contributed by atoms with van der Waals surface area (Å²) < 4.78 is 10.5. The molecule has 6 heteroatoms. The smallest absolute Gasteiger partial charge is 0.336 e. The van der Waals surface area contributed by atoms with Crippen LogP contribution in [0.1, 0.15) is 70.9 Å². The van der Waals surface area contributed by atoms with Crippen LogP contribution in [0.2, 0.25) is 0 Å². The Bertz CT molecular complexity index is 768. The van der Waals surface area contributed by atoms with Crippen LogP contribution in [0.3, 0.4) is 0 Å². The van der Waals surface area contributed by atoms with Gasteiger partial charge < -0.3 is 14.8 Å². The van der Waals surface area contributed by atoms with Crippen LogP contribution in [0.15, 0.2) is 46.9 Å². The standard InChI is InChI=1S/C23H32N2O4/c1-5-6-7-8-9-12-15-29-23(27)20-17(3)25-16(2)19(22(26)28-4)21(20)18-13-10-11-14-24-18/h10-11,13-14,21,25H,5-9,12,15H2,1-4H3. The zero-order chi connectivity index (χ0) is 21.2. The number of methoxy groups -OCH3 is 1. The van der Waals surface area contributed by atoms with Gasteiger partial charge in [-0.25, -0.2) is 9.59 Å². The van der Waals surface area contributed by atoms with Crippen molar-refractivity contribution in [1.82, 2.24) is 10.3 Å². The molecule has 1 aliphatic rings. The van der Waals surface area contributed by atoms with E-state index in [9.17, 15) is 9.59 Å². The summed E-state index contributed by atoms with van der Waals surface area (Å²) in [4.78, 5) is 29.9. The lowest BCUT2D eigenvalue weighted by Crippen LogP contribution is -2.32. The third kappa shape index (κ3) is 5.92. The maximum atomic E-state index is 13.0. The Labute approximate surface area is 173 Å². The quantitative estimate of drug-likeness (QED) is 0.463. The second-order valence-electron chi connectivity index (χ2n) is 7.29. The lowest BCUT2D eigenvalue weighted by Gasteiger charge is -2.29. The van der Waals surface area contributed by atoms with Gasteiger partial charge in [-0.1, -0.05) is 45.1 Å². The Balaban J connectivity index is 2.18. The number of hydrogen-bond acceptors (Lipinski definition) is 6. The maximum Gasteiger partial charge on any atom is 0.336 e. The van der Waals surface area contributed by atoms with Crippen molar-refractivity contribution in [3.63, 3.8) is 0 Å². The highest BCUT2D eigenvalue weighted by atomic mass is 16.5. The highest BCUT2D eigenvalue weighted by Crippen LogP contribution is 2.38. The van der Waals surface area contributed by atoms with Crippen LogP contribution < -0.4 is 5.32 Å². The summed E-state index contributed by atoms with van der Waals surface area (Å²) >= 11 is 0. The fraction of sp³-hybridized carbons (Fsp3) is 0.522. The van der Waals surface area contributed by atoms with Gasteiger partial charge in [0.25, 0.3) is 0 Å². The molecule has 0 fully saturated rings. The average molecular weight is 401 g/mol. The number of hydrogen-bond donors (Lipinski definition) is 1. The molecule has 1 N–H and O–H groups in total. The van der Waals surface area contributed by atoms with Crippen LogP contribution in [0.25, 0.3) is 0 Å². The van der Waals surface area contributed by atoms with Gasteiger partial charge in [0.2, 0.25) is 0 Å². The normalized spacial score (nSPS) is 16.5. The first kappa shape index (κ1) is 22.7. The van der Waals surface area contributed by atoms with Gasteiger partial charge >= 0.3 is 11.9 Å². The minimum atomic E-state index is -0.623. The van der Waals surface area contributed by atoms with Crippen LogP contribution >= 0.6 is 0 Å². The topological polar surface area (TPSA) is 77.5 Å². The molecule has 1 aliphatic heterocycles. The fourth-order valence-electron chi connectivity index (χ4n) is 3.61. The SMILES string of the molecule is CCCCCCCCOC(=O)C1=C(C)NC(C)=C(C(=O)OC)C1c1ccccn1. The van der Waals surface area contributed by atoms with E-state index in [1.54, 1.807) is 25.3 Å². The number of nitrogens with one attached hydrogen (secondary N) is 1. The summed E-state index contributed by atoms with van der Waals surface area (Å²) in [6.07, 6.45) is 8.34. The van der Waals surface area contributed by atoms with E-state index in [2.05, 4.69) is 17.2 Å². The molecule has 0 saturated heterocycles. The van der Waals surface area contributed by atoms with Crippen molar-refractivity contribution in [3.05, 3.63) is 52.6 Å². The Morgan fingerprint density at radius 1 is 1.00 bits per heavy atom. The zero-order valence-electron chi connectivity index (χ0n) is 17.9. The first-order valence-electron chi connectivity index (χ1n) is 10.4. The third-order valence-corrected chi connectivity index (χ3v) is 5.10. The molecule has 2 rings (SSSR count). The predicted molar refractivity (Wildman–Crippen MR) is 112 cm³/mol. The van der Waals surface area contributed by atoms with Crippen molar-refractivity contribution in [3.8, 4) is 0 Å². The molecule has 158 valence electrons. The lowest BCUT2D eigenvalue weighted by atomic mass is 9.83. The van der Waals surface area contributed by atoms with E-state index in [-0.39, 0.29) is 0 Å². The summed E-state index contributed by atoms with van der Waals surface area (Å²) in [5, 5.41) is 3.13. The third-order valence-electron chi connectivity index (χ3n) is 5.10. The van der Waals surface area contributed by atoms with Crippen LogP contribution in [0, 0.1) is 0 Å². The number of pyridine rings is 1. The average Bonchev–Trinajstić information content (AvgIpc) is 2.72. The molecule has 2 heterocycles. The van der Waals surface area contributed by atoms with E-state index in [0.29, 0.717) is 34.8 Å². The Kier molecular flexibility index (Phi) is 8.90. The summed E-state index contributed by atoms with van der Waals surface area (Å²) in [6.45, 7) is 6.17. The molecule has 0 saturated carbocycles. The number of carbonyl (C=O) groups excluding carboxylic acids is 2. The first-order chi connectivity index (χ1) is 14.0. The Hall–Kier alpha value is -2.63.